The molecule has 1 N–H and O–H groups in total. The second-order valence-electron chi connectivity index (χ2n) is 21.4. The lowest BCUT2D eigenvalue weighted by Crippen LogP contribution is -2.37. The van der Waals surface area contributed by atoms with E-state index < -0.39 is 26.5 Å². The Kier molecular flexibility index (Phi) is 52.4. The molecule has 9 nitrogen and oxygen atoms in total. The Morgan fingerprint density at radius 2 is 0.781 bits per heavy atom. The van der Waals surface area contributed by atoms with Crippen LogP contribution in [0.15, 0.2) is 72.9 Å². The number of allylic oxidation sites excluding steroid dienone is 12. The summed E-state index contributed by atoms with van der Waals surface area (Å²) in [6.07, 6.45) is 71.5. The first-order valence-corrected chi connectivity index (χ1v) is 31.7. The van der Waals surface area contributed by atoms with Crippen molar-refractivity contribution in [1.29, 1.82) is 0 Å². The zero-order chi connectivity index (χ0) is 53.5. The average Bonchev–Trinajstić information content (AvgIpc) is 3.35. The molecule has 424 valence electrons. The van der Waals surface area contributed by atoms with Crippen LogP contribution >= 0.6 is 7.82 Å². The number of hydrogen-bond donors (Lipinski definition) is 1. The number of carbonyl (C=O) groups is 2. The molecule has 0 aromatic rings. The van der Waals surface area contributed by atoms with Gasteiger partial charge in [-0.3, -0.25) is 18.6 Å². The van der Waals surface area contributed by atoms with Gasteiger partial charge in [0.05, 0.1) is 27.7 Å². The molecule has 0 rings (SSSR count). The fourth-order valence-corrected chi connectivity index (χ4v) is 9.12. The SMILES string of the molecule is CC/C=C\C/C=C\C/C=C\C/C=C\C/C=C\C/C=C\CCCCCCCCCCCCCCCCCCCCCCC(=O)OC(COC(=O)CCCCCCCCCCCC)COP(=O)(O)OCC[N+](C)(C)C. The Labute approximate surface area is 450 Å². The van der Waals surface area contributed by atoms with Crippen LogP contribution in [0, 0.1) is 0 Å². The summed E-state index contributed by atoms with van der Waals surface area (Å²) < 4.78 is 34.5. The van der Waals surface area contributed by atoms with E-state index in [1.165, 1.54) is 161 Å². The molecule has 0 saturated heterocycles. The minimum absolute atomic E-state index is 0.0329. The number of hydrogen-bond acceptors (Lipinski definition) is 7. The number of unbranched alkanes of at least 4 members (excludes halogenated alkanes) is 29. The van der Waals surface area contributed by atoms with E-state index in [0.717, 1.165) is 70.6 Å². The Morgan fingerprint density at radius 1 is 0.438 bits per heavy atom. The van der Waals surface area contributed by atoms with Crippen molar-refractivity contribution in [2.24, 2.45) is 0 Å². The van der Waals surface area contributed by atoms with Crippen LogP contribution in [0.3, 0.4) is 0 Å². The summed E-state index contributed by atoms with van der Waals surface area (Å²) >= 11 is 0. The molecule has 0 saturated carbocycles. The maximum atomic E-state index is 12.8. The summed E-state index contributed by atoms with van der Waals surface area (Å²) in [5.41, 5.74) is 0. The average molecular weight is 1050 g/mol. The molecular weight excluding hydrogens is 930 g/mol. The van der Waals surface area contributed by atoms with Crippen LogP contribution in [0.5, 0.6) is 0 Å². The van der Waals surface area contributed by atoms with Crippen molar-refractivity contribution in [3.05, 3.63) is 72.9 Å². The van der Waals surface area contributed by atoms with Crippen molar-refractivity contribution in [2.75, 3.05) is 47.5 Å². The molecule has 0 aliphatic rings. The minimum atomic E-state index is -4.38. The highest BCUT2D eigenvalue weighted by Gasteiger charge is 2.27. The molecule has 2 atom stereocenters. The van der Waals surface area contributed by atoms with Crippen molar-refractivity contribution >= 4 is 19.8 Å². The second-order valence-corrected chi connectivity index (χ2v) is 22.8. The monoisotopic (exact) mass is 1040 g/mol. The second kappa shape index (κ2) is 54.2. The predicted molar refractivity (Wildman–Crippen MR) is 312 cm³/mol. The molecule has 0 aromatic heterocycles. The molecule has 0 heterocycles. The number of nitrogens with zero attached hydrogens (tertiary/aromatic N) is 1. The van der Waals surface area contributed by atoms with Crippen molar-refractivity contribution in [2.45, 2.75) is 270 Å². The first-order valence-electron chi connectivity index (χ1n) is 30.2. The van der Waals surface area contributed by atoms with Crippen molar-refractivity contribution < 1.29 is 42.1 Å². The first kappa shape index (κ1) is 70.5. The van der Waals surface area contributed by atoms with Crippen molar-refractivity contribution in [1.82, 2.24) is 0 Å². The van der Waals surface area contributed by atoms with Gasteiger partial charge in [0.25, 0.3) is 0 Å². The quantitative estimate of drug-likeness (QED) is 0.0211. The molecule has 0 aromatic carbocycles. The van der Waals surface area contributed by atoms with E-state index >= 15 is 0 Å². The number of phosphoric ester groups is 1. The van der Waals surface area contributed by atoms with Crippen LogP contribution in [0.2, 0.25) is 0 Å². The summed E-state index contributed by atoms with van der Waals surface area (Å²) in [6, 6.07) is 0. The molecular formula is C63H115NO8P+. The molecule has 0 aliphatic heterocycles. The zero-order valence-electron chi connectivity index (χ0n) is 48.1. The highest BCUT2D eigenvalue weighted by molar-refractivity contribution is 7.47. The molecule has 0 fully saturated rings. The van der Waals surface area contributed by atoms with Gasteiger partial charge in [0, 0.05) is 12.8 Å². The highest BCUT2D eigenvalue weighted by Crippen LogP contribution is 2.43. The summed E-state index contributed by atoms with van der Waals surface area (Å²) in [7, 11) is 1.48. The Balaban J connectivity index is 3.89. The van der Waals surface area contributed by atoms with Gasteiger partial charge in [-0.15, -0.1) is 0 Å². The van der Waals surface area contributed by atoms with Gasteiger partial charge >= 0.3 is 19.8 Å². The number of rotatable bonds is 55. The number of esters is 2. The van der Waals surface area contributed by atoms with Gasteiger partial charge in [0.15, 0.2) is 6.10 Å². The maximum absolute atomic E-state index is 12.8. The topological polar surface area (TPSA) is 108 Å². The van der Waals surface area contributed by atoms with Crippen LogP contribution < -0.4 is 0 Å². The number of phosphoric acid groups is 1. The number of quaternary nitrogens is 1. The molecule has 73 heavy (non-hydrogen) atoms. The molecule has 10 heteroatoms. The van der Waals surface area contributed by atoms with Gasteiger partial charge in [-0.1, -0.05) is 260 Å². The molecule has 0 aliphatic carbocycles. The molecule has 2 unspecified atom stereocenters. The smallest absolute Gasteiger partial charge is 0.462 e. The third-order valence-electron chi connectivity index (χ3n) is 13.0. The Morgan fingerprint density at radius 3 is 1.16 bits per heavy atom. The summed E-state index contributed by atoms with van der Waals surface area (Å²) in [6.45, 7) is 4.32. The first-order chi connectivity index (χ1) is 35.5. The van der Waals surface area contributed by atoms with Crippen molar-refractivity contribution in [3.8, 4) is 0 Å². The van der Waals surface area contributed by atoms with Gasteiger partial charge in [-0.2, -0.15) is 0 Å². The number of ether oxygens (including phenoxy) is 2. The molecule has 0 bridgehead atoms. The summed E-state index contributed by atoms with van der Waals surface area (Å²) in [5, 5.41) is 0. The normalized spacial score (nSPS) is 13.8. The minimum Gasteiger partial charge on any atom is -0.462 e. The molecule has 0 radical (unpaired) electrons. The van der Waals surface area contributed by atoms with E-state index in [2.05, 4.69) is 86.8 Å². The predicted octanol–water partition coefficient (Wildman–Crippen LogP) is 18.9. The molecule has 0 amide bonds. The summed E-state index contributed by atoms with van der Waals surface area (Å²) in [4.78, 5) is 35.5. The largest absolute Gasteiger partial charge is 0.472 e. The van der Waals surface area contributed by atoms with Crippen LogP contribution in [-0.4, -0.2) is 74.9 Å². The third-order valence-corrected chi connectivity index (χ3v) is 14.0. The van der Waals surface area contributed by atoms with Crippen LogP contribution in [0.4, 0.5) is 0 Å². The van der Waals surface area contributed by atoms with Gasteiger partial charge in [-0.05, 0) is 64.2 Å². The fourth-order valence-electron chi connectivity index (χ4n) is 8.37. The van der Waals surface area contributed by atoms with Gasteiger partial charge < -0.3 is 18.9 Å². The van der Waals surface area contributed by atoms with Gasteiger partial charge in [-0.25, -0.2) is 4.57 Å². The van der Waals surface area contributed by atoms with Crippen LogP contribution in [-0.2, 0) is 32.7 Å². The van der Waals surface area contributed by atoms with Crippen LogP contribution in [0.25, 0.3) is 0 Å². The Bertz CT molecular complexity index is 1460. The van der Waals surface area contributed by atoms with Gasteiger partial charge in [0.1, 0.15) is 19.8 Å². The number of likely N-dealkylation sites (N-methyl/N-ethyl adjacent to an activating group) is 1. The standard InChI is InChI=1S/C63H114NO8P/c1-6-8-10-12-14-16-18-19-20-21-22-23-24-25-26-27-28-29-30-31-32-33-34-35-36-37-38-39-40-41-42-43-44-45-46-48-50-52-54-56-63(66)72-61(60-71-73(67,68)70-58-57-64(3,4)5)59-69-62(65)55-53-51-49-47-17-15-13-11-9-7-2/h8,10,14,16,19-20,22-23,25-26,28-29,61H,6-7,9,11-13,15,17-18,21,24,27,30-60H2,1-5H3/p+1/b10-8-,16-14-,20-19-,23-22-,26-25-,29-28-. The van der Waals surface area contributed by atoms with Gasteiger partial charge in [0.2, 0.25) is 0 Å². The lowest BCUT2D eigenvalue weighted by Gasteiger charge is -2.24. The summed E-state index contributed by atoms with van der Waals surface area (Å²) in [5.74, 6) is -0.790. The molecule has 0 spiro atoms. The zero-order valence-corrected chi connectivity index (χ0v) is 49.0. The maximum Gasteiger partial charge on any atom is 0.472 e. The van der Waals surface area contributed by atoms with Crippen molar-refractivity contribution in [3.63, 3.8) is 0 Å². The van der Waals surface area contributed by atoms with Crippen LogP contribution in [0.1, 0.15) is 264 Å². The van der Waals surface area contributed by atoms with E-state index in [1.807, 2.05) is 21.1 Å². The van der Waals surface area contributed by atoms with E-state index in [0.29, 0.717) is 23.9 Å². The highest BCUT2D eigenvalue weighted by atomic mass is 31.2. The van der Waals surface area contributed by atoms with E-state index in [-0.39, 0.29) is 25.6 Å². The lowest BCUT2D eigenvalue weighted by atomic mass is 10.0. The van der Waals surface area contributed by atoms with E-state index in [4.69, 9.17) is 18.5 Å². The number of carbonyl (C=O) groups excluding carboxylic acids is 2. The van der Waals surface area contributed by atoms with E-state index in [9.17, 15) is 19.0 Å². The van der Waals surface area contributed by atoms with E-state index in [1.54, 1.807) is 0 Å². The third kappa shape index (κ3) is 58.6. The fraction of sp³-hybridized carbons (Fsp3) is 0.778. The lowest BCUT2D eigenvalue weighted by molar-refractivity contribution is -0.870. The Hall–Kier alpha value is -2.55.